The molecule has 3 nitrogen and oxygen atoms in total. The van der Waals surface area contributed by atoms with Crippen molar-refractivity contribution >= 4 is 15.9 Å². The zero-order valence-corrected chi connectivity index (χ0v) is 13.3. The minimum Gasteiger partial charge on any atom is -0.313 e. The van der Waals surface area contributed by atoms with Crippen molar-refractivity contribution in [3.8, 4) is 5.69 Å². The van der Waals surface area contributed by atoms with E-state index in [1.807, 2.05) is 13.3 Å². The number of nitrogens with one attached hydrogen (secondary N) is 1. The fourth-order valence-electron chi connectivity index (χ4n) is 1.99. The molecule has 0 unspecified atom stereocenters. The summed E-state index contributed by atoms with van der Waals surface area (Å²) in [6, 6.07) is 6.45. The van der Waals surface area contributed by atoms with E-state index >= 15 is 0 Å². The van der Waals surface area contributed by atoms with Gasteiger partial charge < -0.3 is 9.88 Å². The molecule has 4 heteroatoms. The van der Waals surface area contributed by atoms with E-state index in [1.54, 1.807) is 0 Å². The standard InChI is InChI=1S/C15H20BrN3/c1-4-7-17-9-13-5-6-14(8-15(13)16)19-10-18-11(2)12(19)3/h5-6,8,10,17H,4,7,9H2,1-3H3. The number of rotatable bonds is 5. The Hall–Kier alpha value is -1.13. The van der Waals surface area contributed by atoms with Crippen molar-refractivity contribution in [2.24, 2.45) is 0 Å². The first-order valence-electron chi connectivity index (χ1n) is 6.63. The predicted molar refractivity (Wildman–Crippen MR) is 82.7 cm³/mol. The number of hydrogen-bond acceptors (Lipinski definition) is 2. The Morgan fingerprint density at radius 3 is 2.68 bits per heavy atom. The lowest BCUT2D eigenvalue weighted by molar-refractivity contribution is 0.674. The highest BCUT2D eigenvalue weighted by Gasteiger charge is 2.06. The SMILES string of the molecule is CCCNCc1ccc(-n2cnc(C)c2C)cc1Br. The largest absolute Gasteiger partial charge is 0.313 e. The summed E-state index contributed by atoms with van der Waals surface area (Å²) in [6.07, 6.45) is 3.03. The second-order valence-electron chi connectivity index (χ2n) is 4.74. The molecule has 0 fully saturated rings. The molecule has 1 aromatic heterocycles. The predicted octanol–water partition coefficient (Wildman–Crippen LogP) is 3.75. The van der Waals surface area contributed by atoms with Crippen LogP contribution in [0.2, 0.25) is 0 Å². The number of halogens is 1. The van der Waals surface area contributed by atoms with E-state index in [-0.39, 0.29) is 0 Å². The molecule has 0 aliphatic heterocycles. The molecule has 0 saturated heterocycles. The van der Waals surface area contributed by atoms with Gasteiger partial charge >= 0.3 is 0 Å². The van der Waals surface area contributed by atoms with Gasteiger partial charge in [-0.1, -0.05) is 28.9 Å². The van der Waals surface area contributed by atoms with Crippen molar-refractivity contribution in [1.29, 1.82) is 0 Å². The van der Waals surface area contributed by atoms with Crippen LogP contribution in [0.1, 0.15) is 30.3 Å². The minimum absolute atomic E-state index is 0.899. The molecule has 0 atom stereocenters. The van der Waals surface area contributed by atoms with Crippen LogP contribution in [-0.2, 0) is 6.54 Å². The Kier molecular flexibility index (Phi) is 4.77. The third kappa shape index (κ3) is 3.25. The average Bonchev–Trinajstić information content (AvgIpc) is 2.72. The van der Waals surface area contributed by atoms with Gasteiger partial charge in [-0.15, -0.1) is 0 Å². The number of hydrogen-bond donors (Lipinski definition) is 1. The molecule has 19 heavy (non-hydrogen) atoms. The number of benzene rings is 1. The summed E-state index contributed by atoms with van der Waals surface area (Å²) in [5.74, 6) is 0. The van der Waals surface area contributed by atoms with Crippen LogP contribution in [0.4, 0.5) is 0 Å². The fourth-order valence-corrected chi connectivity index (χ4v) is 2.50. The number of aryl methyl sites for hydroxylation is 1. The van der Waals surface area contributed by atoms with Gasteiger partial charge in [-0.3, -0.25) is 0 Å². The summed E-state index contributed by atoms with van der Waals surface area (Å²) in [7, 11) is 0. The second kappa shape index (κ2) is 6.35. The quantitative estimate of drug-likeness (QED) is 0.850. The zero-order chi connectivity index (χ0) is 13.8. The molecule has 0 saturated carbocycles. The molecule has 1 heterocycles. The number of aromatic nitrogens is 2. The summed E-state index contributed by atoms with van der Waals surface area (Å²) in [6.45, 7) is 8.25. The first kappa shape index (κ1) is 14.3. The van der Waals surface area contributed by atoms with Gasteiger partial charge in [-0.2, -0.15) is 0 Å². The second-order valence-corrected chi connectivity index (χ2v) is 5.59. The highest BCUT2D eigenvalue weighted by atomic mass is 79.9. The van der Waals surface area contributed by atoms with Crippen LogP contribution in [0.25, 0.3) is 5.69 Å². The van der Waals surface area contributed by atoms with E-state index in [2.05, 4.69) is 62.8 Å². The first-order valence-corrected chi connectivity index (χ1v) is 7.42. The Morgan fingerprint density at radius 1 is 1.32 bits per heavy atom. The number of nitrogens with zero attached hydrogens (tertiary/aromatic N) is 2. The summed E-state index contributed by atoms with van der Waals surface area (Å²) in [5.41, 5.74) is 4.68. The van der Waals surface area contributed by atoms with E-state index in [4.69, 9.17) is 0 Å². The lowest BCUT2D eigenvalue weighted by Crippen LogP contribution is -2.14. The Bertz CT molecular complexity index is 561. The topological polar surface area (TPSA) is 29.9 Å². The molecule has 0 bridgehead atoms. The molecule has 0 aliphatic carbocycles. The minimum atomic E-state index is 0.899. The van der Waals surface area contributed by atoms with Crippen molar-refractivity contribution in [2.75, 3.05) is 6.54 Å². The van der Waals surface area contributed by atoms with Gasteiger partial charge in [0.2, 0.25) is 0 Å². The average molecular weight is 322 g/mol. The lowest BCUT2D eigenvalue weighted by atomic mass is 10.2. The third-order valence-electron chi connectivity index (χ3n) is 3.31. The van der Waals surface area contributed by atoms with Gasteiger partial charge in [0.25, 0.3) is 0 Å². The molecule has 0 aliphatic rings. The maximum atomic E-state index is 4.34. The highest BCUT2D eigenvalue weighted by Crippen LogP contribution is 2.22. The Morgan fingerprint density at radius 2 is 2.11 bits per heavy atom. The molecule has 0 amide bonds. The van der Waals surface area contributed by atoms with Crippen LogP contribution in [0.3, 0.4) is 0 Å². The Labute approximate surface area is 123 Å². The van der Waals surface area contributed by atoms with Gasteiger partial charge in [0.15, 0.2) is 0 Å². The molecule has 0 radical (unpaired) electrons. The molecule has 1 N–H and O–H groups in total. The monoisotopic (exact) mass is 321 g/mol. The van der Waals surface area contributed by atoms with E-state index < -0.39 is 0 Å². The van der Waals surface area contributed by atoms with E-state index in [9.17, 15) is 0 Å². The molecule has 2 aromatic rings. The molecular weight excluding hydrogens is 302 g/mol. The van der Waals surface area contributed by atoms with Gasteiger partial charge in [0.05, 0.1) is 12.0 Å². The smallest absolute Gasteiger partial charge is 0.0997 e. The van der Waals surface area contributed by atoms with Crippen molar-refractivity contribution in [3.63, 3.8) is 0 Å². The molecule has 102 valence electrons. The van der Waals surface area contributed by atoms with Crippen LogP contribution in [-0.4, -0.2) is 16.1 Å². The third-order valence-corrected chi connectivity index (χ3v) is 4.05. The van der Waals surface area contributed by atoms with E-state index in [1.165, 1.54) is 11.3 Å². The maximum absolute atomic E-state index is 4.34. The summed E-state index contributed by atoms with van der Waals surface area (Å²) in [5, 5.41) is 3.42. The zero-order valence-electron chi connectivity index (χ0n) is 11.7. The van der Waals surface area contributed by atoms with Crippen molar-refractivity contribution < 1.29 is 0 Å². The van der Waals surface area contributed by atoms with Crippen molar-refractivity contribution in [1.82, 2.24) is 14.9 Å². The van der Waals surface area contributed by atoms with Crippen LogP contribution in [0, 0.1) is 13.8 Å². The molecule has 0 spiro atoms. The summed E-state index contributed by atoms with van der Waals surface area (Å²) >= 11 is 3.65. The van der Waals surface area contributed by atoms with Crippen LogP contribution in [0.15, 0.2) is 29.0 Å². The van der Waals surface area contributed by atoms with Gasteiger partial charge in [0, 0.05) is 22.4 Å². The molecule has 1 aromatic carbocycles. The van der Waals surface area contributed by atoms with Crippen molar-refractivity contribution in [2.45, 2.75) is 33.7 Å². The highest BCUT2D eigenvalue weighted by molar-refractivity contribution is 9.10. The molecule has 2 rings (SSSR count). The first-order chi connectivity index (χ1) is 9.13. The van der Waals surface area contributed by atoms with Crippen LogP contribution < -0.4 is 5.32 Å². The lowest BCUT2D eigenvalue weighted by Gasteiger charge is -2.10. The van der Waals surface area contributed by atoms with Gasteiger partial charge in [0.1, 0.15) is 0 Å². The van der Waals surface area contributed by atoms with Crippen LogP contribution in [0.5, 0.6) is 0 Å². The number of imidazole rings is 1. The molecular formula is C15H20BrN3. The fraction of sp³-hybridized carbons (Fsp3) is 0.400. The van der Waals surface area contributed by atoms with E-state index in [0.29, 0.717) is 0 Å². The van der Waals surface area contributed by atoms with Gasteiger partial charge in [-0.25, -0.2) is 4.98 Å². The van der Waals surface area contributed by atoms with Crippen molar-refractivity contribution in [3.05, 3.63) is 46.0 Å². The Balaban J connectivity index is 2.21. The summed E-state index contributed by atoms with van der Waals surface area (Å²) < 4.78 is 3.25. The normalized spacial score (nSPS) is 10.9. The van der Waals surface area contributed by atoms with Crippen LogP contribution >= 0.6 is 15.9 Å². The maximum Gasteiger partial charge on any atom is 0.0997 e. The summed E-state index contributed by atoms with van der Waals surface area (Å²) in [4.78, 5) is 4.34. The van der Waals surface area contributed by atoms with E-state index in [0.717, 1.165) is 35.4 Å². The van der Waals surface area contributed by atoms with Gasteiger partial charge in [-0.05, 0) is 44.5 Å².